The number of rotatable bonds is 4. The normalized spacial score (nSPS) is 24.2. The number of likely N-dealkylation sites (N-methyl/N-ethyl adjacent to an activating group) is 1. The molecule has 2 fully saturated rings. The minimum atomic E-state index is -0.115. The maximum Gasteiger partial charge on any atom is 0.241 e. The molecule has 0 aliphatic carbocycles. The van der Waals surface area contributed by atoms with Gasteiger partial charge < -0.3 is 11.1 Å². The van der Waals surface area contributed by atoms with Gasteiger partial charge in [0, 0.05) is 24.8 Å². The molecular formula is C18H30Cl2N4O. The Bertz CT molecular complexity index is 552. The van der Waals surface area contributed by atoms with Gasteiger partial charge in [0.05, 0.1) is 6.04 Å². The quantitative estimate of drug-likeness (QED) is 0.831. The van der Waals surface area contributed by atoms with Crippen LogP contribution >= 0.6 is 24.8 Å². The molecule has 142 valence electrons. The smallest absolute Gasteiger partial charge is 0.241 e. The highest BCUT2D eigenvalue weighted by atomic mass is 35.5. The molecule has 5 nitrogen and oxygen atoms in total. The summed E-state index contributed by atoms with van der Waals surface area (Å²) >= 11 is 0. The largest absolute Gasteiger partial charge is 0.326 e. The van der Waals surface area contributed by atoms with Crippen molar-refractivity contribution in [1.82, 2.24) is 9.80 Å². The van der Waals surface area contributed by atoms with Crippen molar-refractivity contribution >= 4 is 36.4 Å². The zero-order valence-electron chi connectivity index (χ0n) is 14.8. The van der Waals surface area contributed by atoms with E-state index in [2.05, 4.69) is 22.3 Å². The lowest BCUT2D eigenvalue weighted by Gasteiger charge is -2.26. The van der Waals surface area contributed by atoms with Gasteiger partial charge in [-0.2, -0.15) is 0 Å². The Morgan fingerprint density at radius 3 is 2.60 bits per heavy atom. The van der Waals surface area contributed by atoms with E-state index in [0.29, 0.717) is 0 Å². The van der Waals surface area contributed by atoms with Gasteiger partial charge in [-0.15, -0.1) is 24.8 Å². The molecule has 0 radical (unpaired) electrons. The second-order valence-corrected chi connectivity index (χ2v) is 6.98. The van der Waals surface area contributed by atoms with Crippen LogP contribution in [0.15, 0.2) is 24.3 Å². The number of piperidine rings is 1. The fraction of sp³-hybridized carbons (Fsp3) is 0.611. The third-order valence-corrected chi connectivity index (χ3v) is 4.93. The molecule has 1 aromatic carbocycles. The van der Waals surface area contributed by atoms with Crippen LogP contribution < -0.4 is 11.1 Å². The van der Waals surface area contributed by atoms with Crippen molar-refractivity contribution in [1.29, 1.82) is 0 Å². The Labute approximate surface area is 163 Å². The highest BCUT2D eigenvalue weighted by Crippen LogP contribution is 2.19. The maximum atomic E-state index is 12.5. The van der Waals surface area contributed by atoms with Gasteiger partial charge >= 0.3 is 0 Å². The number of nitrogens with zero attached hydrogens (tertiary/aromatic N) is 2. The molecule has 2 saturated heterocycles. The molecule has 7 heteroatoms. The van der Waals surface area contributed by atoms with Crippen molar-refractivity contribution in [3.05, 3.63) is 29.8 Å². The van der Waals surface area contributed by atoms with Gasteiger partial charge in [-0.05, 0) is 57.1 Å². The van der Waals surface area contributed by atoms with Crippen molar-refractivity contribution in [3.63, 3.8) is 0 Å². The molecule has 0 saturated carbocycles. The van der Waals surface area contributed by atoms with E-state index in [1.165, 1.54) is 37.9 Å². The summed E-state index contributed by atoms with van der Waals surface area (Å²) in [6.07, 6.45) is 4.68. The first-order valence-corrected chi connectivity index (χ1v) is 8.70. The Morgan fingerprint density at radius 2 is 1.96 bits per heavy atom. The van der Waals surface area contributed by atoms with E-state index in [-0.39, 0.29) is 42.8 Å². The van der Waals surface area contributed by atoms with Crippen molar-refractivity contribution in [3.8, 4) is 0 Å². The zero-order valence-corrected chi connectivity index (χ0v) is 16.5. The van der Waals surface area contributed by atoms with Gasteiger partial charge in [-0.3, -0.25) is 14.6 Å². The van der Waals surface area contributed by atoms with Crippen molar-refractivity contribution in [2.75, 3.05) is 32.0 Å². The lowest BCUT2D eigenvalue weighted by atomic mass is 10.1. The fourth-order valence-electron chi connectivity index (χ4n) is 3.69. The number of halogens is 2. The number of benzene rings is 1. The third kappa shape index (κ3) is 6.12. The lowest BCUT2D eigenvalue weighted by molar-refractivity contribution is -0.119. The molecule has 25 heavy (non-hydrogen) atoms. The molecule has 2 atom stereocenters. The first-order chi connectivity index (χ1) is 11.1. The first-order valence-electron chi connectivity index (χ1n) is 8.70. The van der Waals surface area contributed by atoms with E-state index in [0.717, 1.165) is 25.2 Å². The van der Waals surface area contributed by atoms with E-state index >= 15 is 0 Å². The molecule has 2 aliphatic heterocycles. The Hall–Kier alpha value is -0.850. The van der Waals surface area contributed by atoms with E-state index in [1.807, 2.05) is 24.1 Å². The van der Waals surface area contributed by atoms with Gasteiger partial charge in [0.25, 0.3) is 0 Å². The molecule has 0 spiro atoms. The SMILES string of the molecule is CN1C[C@@H](N)C[C@H]1C(=O)Nc1cccc(CN2CCCCC2)c1.Cl.Cl. The Kier molecular flexibility index (Phi) is 9.17. The molecule has 0 bridgehead atoms. The van der Waals surface area contributed by atoms with Crippen LogP contribution in [0, 0.1) is 0 Å². The number of nitrogens with two attached hydrogens (primary N) is 1. The van der Waals surface area contributed by atoms with Crippen LogP contribution in [0.4, 0.5) is 5.69 Å². The molecule has 3 rings (SSSR count). The molecule has 0 aromatic heterocycles. The second-order valence-electron chi connectivity index (χ2n) is 6.98. The third-order valence-electron chi connectivity index (χ3n) is 4.93. The standard InChI is InChI=1S/C18H28N4O.2ClH/c1-21-13-15(19)11-17(21)18(23)20-16-7-5-6-14(10-16)12-22-8-3-2-4-9-22;;/h5-7,10,15,17H,2-4,8-9,11-13,19H2,1H3,(H,20,23);2*1H/t15-,17-;;/m0../s1. The van der Waals surface area contributed by atoms with E-state index in [1.54, 1.807) is 0 Å². The molecule has 3 N–H and O–H groups in total. The van der Waals surface area contributed by atoms with Gasteiger partial charge in [0.1, 0.15) is 0 Å². The molecule has 0 unspecified atom stereocenters. The van der Waals surface area contributed by atoms with Crippen LogP contribution in [-0.4, -0.2) is 54.5 Å². The Balaban J connectivity index is 0.00000156. The number of carbonyl (C=O) groups is 1. The number of carbonyl (C=O) groups excluding carboxylic acids is 1. The number of nitrogens with one attached hydrogen (secondary N) is 1. The van der Waals surface area contributed by atoms with Crippen LogP contribution in [0.25, 0.3) is 0 Å². The van der Waals surface area contributed by atoms with Crippen molar-refractivity contribution in [2.24, 2.45) is 5.73 Å². The van der Waals surface area contributed by atoms with Crippen LogP contribution in [0.1, 0.15) is 31.2 Å². The van der Waals surface area contributed by atoms with Crippen molar-refractivity contribution < 1.29 is 4.79 Å². The van der Waals surface area contributed by atoms with E-state index in [9.17, 15) is 4.79 Å². The average molecular weight is 389 g/mol. The maximum absolute atomic E-state index is 12.5. The summed E-state index contributed by atoms with van der Waals surface area (Å²) in [5.74, 6) is 0.0515. The molecule has 2 aliphatic rings. The first kappa shape index (κ1) is 22.2. The van der Waals surface area contributed by atoms with Crippen molar-refractivity contribution in [2.45, 2.75) is 44.3 Å². The molecule has 1 amide bonds. The summed E-state index contributed by atoms with van der Waals surface area (Å²) in [5, 5.41) is 3.06. The summed E-state index contributed by atoms with van der Waals surface area (Å²) in [5.41, 5.74) is 8.10. The van der Waals surface area contributed by atoms with Crippen LogP contribution in [0.2, 0.25) is 0 Å². The number of likely N-dealkylation sites (tertiary alicyclic amines) is 2. The minimum absolute atomic E-state index is 0. The van der Waals surface area contributed by atoms with Gasteiger partial charge in [-0.25, -0.2) is 0 Å². The fourth-order valence-corrected chi connectivity index (χ4v) is 3.69. The topological polar surface area (TPSA) is 61.6 Å². The second kappa shape index (κ2) is 10.3. The predicted octanol–water partition coefficient (Wildman–Crippen LogP) is 2.49. The minimum Gasteiger partial charge on any atom is -0.326 e. The van der Waals surface area contributed by atoms with E-state index < -0.39 is 0 Å². The molecule has 1 aromatic rings. The summed E-state index contributed by atoms with van der Waals surface area (Å²) in [6.45, 7) is 4.12. The average Bonchev–Trinajstić information content (AvgIpc) is 2.87. The summed E-state index contributed by atoms with van der Waals surface area (Å²) in [6, 6.07) is 8.21. The molecule has 2 heterocycles. The number of hydrogen-bond acceptors (Lipinski definition) is 4. The van der Waals surface area contributed by atoms with Crippen LogP contribution in [0.5, 0.6) is 0 Å². The number of hydrogen-bond donors (Lipinski definition) is 2. The monoisotopic (exact) mass is 388 g/mol. The van der Waals surface area contributed by atoms with Crippen LogP contribution in [-0.2, 0) is 11.3 Å². The summed E-state index contributed by atoms with van der Waals surface area (Å²) in [7, 11) is 1.96. The van der Waals surface area contributed by atoms with Gasteiger partial charge in [0.2, 0.25) is 5.91 Å². The van der Waals surface area contributed by atoms with Crippen LogP contribution in [0.3, 0.4) is 0 Å². The van der Waals surface area contributed by atoms with Gasteiger partial charge in [0.15, 0.2) is 0 Å². The summed E-state index contributed by atoms with van der Waals surface area (Å²) in [4.78, 5) is 17.0. The zero-order chi connectivity index (χ0) is 16.2. The molecular weight excluding hydrogens is 359 g/mol. The Morgan fingerprint density at radius 1 is 1.24 bits per heavy atom. The predicted molar refractivity (Wildman–Crippen MR) is 108 cm³/mol. The van der Waals surface area contributed by atoms with E-state index in [4.69, 9.17) is 5.73 Å². The number of amides is 1. The highest BCUT2D eigenvalue weighted by Gasteiger charge is 2.32. The highest BCUT2D eigenvalue weighted by molar-refractivity contribution is 5.95. The number of anilines is 1. The summed E-state index contributed by atoms with van der Waals surface area (Å²) < 4.78 is 0. The van der Waals surface area contributed by atoms with Gasteiger partial charge in [-0.1, -0.05) is 18.6 Å². The lowest BCUT2D eigenvalue weighted by Crippen LogP contribution is -2.37.